The van der Waals surface area contributed by atoms with Crippen molar-refractivity contribution in [2.75, 3.05) is 13.1 Å². The fourth-order valence-electron chi connectivity index (χ4n) is 3.73. The van der Waals surface area contributed by atoms with Gasteiger partial charge in [0.2, 0.25) is 0 Å². The maximum absolute atomic E-state index is 13.0. The molecule has 0 radical (unpaired) electrons. The Labute approximate surface area is 173 Å². The maximum atomic E-state index is 13.0. The summed E-state index contributed by atoms with van der Waals surface area (Å²) in [5.41, 5.74) is 1.51. The average molecular weight is 415 g/mol. The highest BCUT2D eigenvalue weighted by Crippen LogP contribution is 2.30. The molecule has 2 aromatic carbocycles. The van der Waals surface area contributed by atoms with Crippen molar-refractivity contribution < 1.29 is 4.79 Å². The first-order chi connectivity index (χ1) is 13.5. The van der Waals surface area contributed by atoms with Crippen LogP contribution in [0.15, 0.2) is 48.5 Å². The molecule has 1 aliphatic rings. The van der Waals surface area contributed by atoms with Crippen molar-refractivity contribution in [2.45, 2.75) is 25.7 Å². The van der Waals surface area contributed by atoms with E-state index in [0.29, 0.717) is 28.7 Å². The highest BCUT2D eigenvalue weighted by Gasteiger charge is 2.30. The number of hydrogen-bond donors (Lipinski definition) is 0. The van der Waals surface area contributed by atoms with E-state index < -0.39 is 0 Å². The number of amides is 1. The van der Waals surface area contributed by atoms with Gasteiger partial charge in [0.05, 0.1) is 10.6 Å². The molecule has 1 saturated heterocycles. The fraction of sp³-hybridized carbons (Fsp3) is 0.286. The molecule has 1 aliphatic heterocycles. The summed E-state index contributed by atoms with van der Waals surface area (Å²) in [5.74, 6) is 1.75. The first-order valence-corrected chi connectivity index (χ1v) is 10.0. The van der Waals surface area contributed by atoms with Gasteiger partial charge in [0, 0.05) is 29.7 Å². The van der Waals surface area contributed by atoms with E-state index in [1.807, 2.05) is 52.8 Å². The molecule has 5 nitrogen and oxygen atoms in total. The van der Waals surface area contributed by atoms with E-state index >= 15 is 0 Å². The third kappa shape index (κ3) is 3.64. The molecule has 1 atom stereocenters. The standard InChI is InChI=1S/C21H20Cl2N4O/c1-14-24-25-20(27(14)17-10-8-16(22)9-11-17)15-5-4-12-26(13-15)21(28)18-6-2-3-7-19(18)23/h2-3,6-11,15H,4-5,12-13H2,1H3. The molecular weight excluding hydrogens is 395 g/mol. The molecule has 0 spiro atoms. The summed E-state index contributed by atoms with van der Waals surface area (Å²) in [6, 6.07) is 14.8. The number of likely N-dealkylation sites (tertiary alicyclic amines) is 1. The molecular formula is C21H20Cl2N4O. The molecule has 4 rings (SSSR count). The number of carbonyl (C=O) groups excluding carboxylic acids is 1. The Morgan fingerprint density at radius 2 is 1.82 bits per heavy atom. The lowest BCUT2D eigenvalue weighted by molar-refractivity contribution is 0.0704. The maximum Gasteiger partial charge on any atom is 0.255 e. The second-order valence-electron chi connectivity index (χ2n) is 6.99. The number of piperidine rings is 1. The molecule has 144 valence electrons. The zero-order valence-electron chi connectivity index (χ0n) is 15.5. The summed E-state index contributed by atoms with van der Waals surface area (Å²) >= 11 is 12.3. The Kier molecular flexibility index (Phi) is 5.38. The van der Waals surface area contributed by atoms with Gasteiger partial charge in [-0.1, -0.05) is 35.3 Å². The van der Waals surface area contributed by atoms with Crippen molar-refractivity contribution in [1.82, 2.24) is 19.7 Å². The van der Waals surface area contributed by atoms with Crippen LogP contribution < -0.4 is 0 Å². The number of hydrogen-bond acceptors (Lipinski definition) is 3. The minimum Gasteiger partial charge on any atom is -0.338 e. The van der Waals surface area contributed by atoms with Crippen LogP contribution in [-0.4, -0.2) is 38.7 Å². The van der Waals surface area contributed by atoms with Crippen molar-refractivity contribution >= 4 is 29.1 Å². The van der Waals surface area contributed by atoms with Gasteiger partial charge in [0.15, 0.2) is 0 Å². The Bertz CT molecular complexity index is 1000. The molecule has 1 unspecified atom stereocenters. The van der Waals surface area contributed by atoms with Crippen LogP contribution in [0.1, 0.15) is 40.8 Å². The number of nitrogens with zero attached hydrogens (tertiary/aromatic N) is 4. The summed E-state index contributed by atoms with van der Waals surface area (Å²) in [4.78, 5) is 14.8. The molecule has 2 heterocycles. The molecule has 1 aromatic heterocycles. The van der Waals surface area contributed by atoms with E-state index in [9.17, 15) is 4.79 Å². The molecule has 0 saturated carbocycles. The van der Waals surface area contributed by atoms with Gasteiger partial charge < -0.3 is 4.90 Å². The van der Waals surface area contributed by atoms with Gasteiger partial charge in [0.1, 0.15) is 11.6 Å². The van der Waals surface area contributed by atoms with E-state index in [1.165, 1.54) is 0 Å². The minimum atomic E-state index is -0.0374. The Morgan fingerprint density at radius 1 is 1.07 bits per heavy atom. The van der Waals surface area contributed by atoms with E-state index in [4.69, 9.17) is 23.2 Å². The van der Waals surface area contributed by atoms with Crippen LogP contribution >= 0.6 is 23.2 Å². The summed E-state index contributed by atoms with van der Waals surface area (Å²) in [7, 11) is 0. The van der Waals surface area contributed by atoms with Gasteiger partial charge in [-0.25, -0.2) is 0 Å². The Balaban J connectivity index is 1.62. The number of aryl methyl sites for hydroxylation is 1. The number of benzene rings is 2. The van der Waals surface area contributed by atoms with Crippen LogP contribution in [0.25, 0.3) is 5.69 Å². The summed E-state index contributed by atoms with van der Waals surface area (Å²) in [5, 5.41) is 9.89. The summed E-state index contributed by atoms with van der Waals surface area (Å²) in [6.45, 7) is 3.24. The van der Waals surface area contributed by atoms with Crippen molar-refractivity contribution in [2.24, 2.45) is 0 Å². The third-order valence-electron chi connectivity index (χ3n) is 5.11. The first kappa shape index (κ1) is 19.0. The van der Waals surface area contributed by atoms with E-state index in [1.54, 1.807) is 12.1 Å². The van der Waals surface area contributed by atoms with E-state index in [0.717, 1.165) is 30.2 Å². The van der Waals surface area contributed by atoms with Gasteiger partial charge >= 0.3 is 0 Å². The number of halogens is 2. The van der Waals surface area contributed by atoms with Crippen molar-refractivity contribution in [3.05, 3.63) is 75.8 Å². The van der Waals surface area contributed by atoms with Crippen LogP contribution in [0.4, 0.5) is 0 Å². The molecule has 7 heteroatoms. The van der Waals surface area contributed by atoms with Crippen molar-refractivity contribution in [1.29, 1.82) is 0 Å². The quantitative estimate of drug-likeness (QED) is 0.611. The van der Waals surface area contributed by atoms with Crippen LogP contribution in [0.2, 0.25) is 10.0 Å². The van der Waals surface area contributed by atoms with Crippen LogP contribution in [-0.2, 0) is 0 Å². The van der Waals surface area contributed by atoms with Crippen LogP contribution in [0, 0.1) is 6.92 Å². The van der Waals surface area contributed by atoms with Crippen molar-refractivity contribution in [3.63, 3.8) is 0 Å². The lowest BCUT2D eigenvalue weighted by Gasteiger charge is -2.32. The smallest absolute Gasteiger partial charge is 0.255 e. The summed E-state index contributed by atoms with van der Waals surface area (Å²) < 4.78 is 2.05. The highest BCUT2D eigenvalue weighted by molar-refractivity contribution is 6.33. The van der Waals surface area contributed by atoms with Gasteiger partial charge in [-0.05, 0) is 56.2 Å². The molecule has 1 fully saturated rings. The largest absolute Gasteiger partial charge is 0.338 e. The second kappa shape index (κ2) is 7.94. The molecule has 0 N–H and O–H groups in total. The number of aromatic nitrogens is 3. The molecule has 3 aromatic rings. The lowest BCUT2D eigenvalue weighted by atomic mass is 9.96. The lowest BCUT2D eigenvalue weighted by Crippen LogP contribution is -2.39. The van der Waals surface area contributed by atoms with Gasteiger partial charge in [0.25, 0.3) is 5.91 Å². The Hall–Kier alpha value is -2.37. The summed E-state index contributed by atoms with van der Waals surface area (Å²) in [6.07, 6.45) is 1.87. The first-order valence-electron chi connectivity index (χ1n) is 9.26. The molecule has 0 aliphatic carbocycles. The van der Waals surface area contributed by atoms with E-state index in [-0.39, 0.29) is 11.8 Å². The minimum absolute atomic E-state index is 0.0374. The van der Waals surface area contributed by atoms with Gasteiger partial charge in [-0.15, -0.1) is 10.2 Å². The zero-order chi connectivity index (χ0) is 19.7. The average Bonchev–Trinajstić information content (AvgIpc) is 3.10. The van der Waals surface area contributed by atoms with Crippen LogP contribution in [0.3, 0.4) is 0 Å². The molecule has 1 amide bonds. The normalized spacial score (nSPS) is 17.0. The predicted molar refractivity (Wildman–Crippen MR) is 110 cm³/mol. The molecule has 0 bridgehead atoms. The molecule has 28 heavy (non-hydrogen) atoms. The third-order valence-corrected chi connectivity index (χ3v) is 5.69. The van der Waals surface area contributed by atoms with Gasteiger partial charge in [-0.3, -0.25) is 9.36 Å². The predicted octanol–water partition coefficient (Wildman–Crippen LogP) is 4.90. The van der Waals surface area contributed by atoms with Crippen LogP contribution in [0.5, 0.6) is 0 Å². The monoisotopic (exact) mass is 414 g/mol. The fourth-order valence-corrected chi connectivity index (χ4v) is 4.07. The number of carbonyl (C=O) groups is 1. The Morgan fingerprint density at radius 3 is 2.57 bits per heavy atom. The SMILES string of the molecule is Cc1nnc(C2CCCN(C(=O)c3ccccc3Cl)C2)n1-c1ccc(Cl)cc1. The highest BCUT2D eigenvalue weighted by atomic mass is 35.5. The van der Waals surface area contributed by atoms with Gasteiger partial charge in [-0.2, -0.15) is 0 Å². The second-order valence-corrected chi connectivity index (χ2v) is 7.83. The topological polar surface area (TPSA) is 51.0 Å². The van der Waals surface area contributed by atoms with Crippen molar-refractivity contribution in [3.8, 4) is 5.69 Å². The number of rotatable bonds is 3. The van der Waals surface area contributed by atoms with E-state index in [2.05, 4.69) is 10.2 Å². The zero-order valence-corrected chi connectivity index (χ0v) is 17.0.